The fourth-order valence-corrected chi connectivity index (χ4v) is 2.71. The lowest BCUT2D eigenvalue weighted by Gasteiger charge is -2.23. The van der Waals surface area contributed by atoms with Gasteiger partial charge < -0.3 is 5.32 Å². The third-order valence-electron chi connectivity index (χ3n) is 2.80. The Morgan fingerprint density at radius 2 is 2.19 bits per heavy atom. The molecule has 1 aromatic heterocycles. The first-order valence-electron chi connectivity index (χ1n) is 5.97. The largest absolute Gasteiger partial charge is 0.341 e. The minimum absolute atomic E-state index is 0.0697. The van der Waals surface area contributed by atoms with Crippen LogP contribution in [0.2, 0.25) is 5.02 Å². The molecule has 0 saturated carbocycles. The minimum Gasteiger partial charge on any atom is -0.341 e. The van der Waals surface area contributed by atoms with E-state index in [-0.39, 0.29) is 22.2 Å². The summed E-state index contributed by atoms with van der Waals surface area (Å²) in [7, 11) is 0. The van der Waals surface area contributed by atoms with Crippen LogP contribution >= 0.6 is 22.9 Å². The van der Waals surface area contributed by atoms with Crippen molar-refractivity contribution in [1.82, 2.24) is 10.3 Å². The highest BCUT2D eigenvalue weighted by atomic mass is 35.5. The summed E-state index contributed by atoms with van der Waals surface area (Å²) in [6.45, 7) is 3.66. The molecule has 2 rings (SSSR count). The molecule has 8 heteroatoms. The summed E-state index contributed by atoms with van der Waals surface area (Å²) in [5.74, 6) is -0.369. The molecule has 6 nitrogen and oxygen atoms in total. The van der Waals surface area contributed by atoms with Crippen molar-refractivity contribution in [2.45, 2.75) is 19.4 Å². The van der Waals surface area contributed by atoms with Crippen LogP contribution in [-0.2, 0) is 5.54 Å². The van der Waals surface area contributed by atoms with Crippen LogP contribution in [-0.4, -0.2) is 15.8 Å². The molecular formula is C13H12ClN3O3S. The molecular weight excluding hydrogens is 314 g/mol. The Balaban J connectivity index is 2.21. The van der Waals surface area contributed by atoms with Crippen molar-refractivity contribution in [3.8, 4) is 0 Å². The monoisotopic (exact) mass is 325 g/mol. The lowest BCUT2D eigenvalue weighted by molar-refractivity contribution is -0.384. The Morgan fingerprint density at radius 1 is 1.48 bits per heavy atom. The third kappa shape index (κ3) is 3.37. The predicted octanol–water partition coefficient (Wildman–Crippen LogP) is 3.37. The van der Waals surface area contributed by atoms with Crippen LogP contribution in [0.15, 0.2) is 29.8 Å². The first-order valence-corrected chi connectivity index (χ1v) is 7.23. The van der Waals surface area contributed by atoms with E-state index < -0.39 is 10.5 Å². The molecule has 0 aliphatic carbocycles. The molecule has 1 aromatic carbocycles. The highest BCUT2D eigenvalue weighted by Crippen LogP contribution is 2.26. The number of benzene rings is 1. The smallest absolute Gasteiger partial charge is 0.287 e. The molecule has 0 spiro atoms. The molecule has 1 N–H and O–H groups in total. The van der Waals surface area contributed by atoms with E-state index >= 15 is 0 Å². The number of aromatic nitrogens is 1. The number of nitro benzene ring substituents is 1. The van der Waals surface area contributed by atoms with Crippen LogP contribution < -0.4 is 5.32 Å². The Labute approximate surface area is 129 Å². The second-order valence-corrected chi connectivity index (χ2v) is 6.14. The number of hydrogen-bond acceptors (Lipinski definition) is 5. The maximum Gasteiger partial charge on any atom is 0.287 e. The molecule has 0 unspecified atom stereocenters. The Hall–Kier alpha value is -1.99. The van der Waals surface area contributed by atoms with E-state index in [2.05, 4.69) is 10.3 Å². The average Bonchev–Trinajstić information content (AvgIpc) is 2.92. The van der Waals surface area contributed by atoms with E-state index in [1.807, 2.05) is 19.2 Å². The molecule has 2 aromatic rings. The van der Waals surface area contributed by atoms with E-state index in [1.165, 1.54) is 29.5 Å². The zero-order chi connectivity index (χ0) is 15.6. The number of hydrogen-bond donors (Lipinski definition) is 1. The highest BCUT2D eigenvalue weighted by molar-refractivity contribution is 7.09. The van der Waals surface area contributed by atoms with Crippen LogP contribution in [0.4, 0.5) is 5.69 Å². The lowest BCUT2D eigenvalue weighted by Crippen LogP contribution is -2.40. The van der Waals surface area contributed by atoms with Gasteiger partial charge in [-0.1, -0.05) is 11.6 Å². The van der Waals surface area contributed by atoms with E-state index in [1.54, 1.807) is 6.20 Å². The van der Waals surface area contributed by atoms with Crippen molar-refractivity contribution in [3.63, 3.8) is 0 Å². The summed E-state index contributed by atoms with van der Waals surface area (Å²) in [6, 6.07) is 3.87. The van der Waals surface area contributed by atoms with E-state index in [9.17, 15) is 14.9 Å². The Morgan fingerprint density at radius 3 is 2.71 bits per heavy atom. The fourth-order valence-electron chi connectivity index (χ4n) is 1.74. The van der Waals surface area contributed by atoms with Gasteiger partial charge in [-0.3, -0.25) is 14.9 Å². The summed E-state index contributed by atoms with van der Waals surface area (Å²) in [5.41, 5.74) is -0.609. The molecule has 1 amide bonds. The van der Waals surface area contributed by atoms with Gasteiger partial charge in [-0.25, -0.2) is 4.98 Å². The van der Waals surface area contributed by atoms with Gasteiger partial charge in [0, 0.05) is 23.2 Å². The summed E-state index contributed by atoms with van der Waals surface area (Å²) in [5, 5.41) is 16.1. The second-order valence-electron chi connectivity index (χ2n) is 4.84. The lowest BCUT2D eigenvalue weighted by atomic mass is 10.1. The zero-order valence-electron chi connectivity index (χ0n) is 11.3. The van der Waals surface area contributed by atoms with Crippen LogP contribution in [0.1, 0.15) is 29.2 Å². The van der Waals surface area contributed by atoms with Crippen molar-refractivity contribution in [2.24, 2.45) is 0 Å². The van der Waals surface area contributed by atoms with Crippen molar-refractivity contribution in [1.29, 1.82) is 0 Å². The van der Waals surface area contributed by atoms with Crippen LogP contribution in [0.3, 0.4) is 0 Å². The van der Waals surface area contributed by atoms with Crippen LogP contribution in [0.25, 0.3) is 0 Å². The van der Waals surface area contributed by atoms with Gasteiger partial charge in [0.05, 0.1) is 10.5 Å². The molecule has 0 fully saturated rings. The second kappa shape index (κ2) is 5.79. The summed E-state index contributed by atoms with van der Waals surface area (Å²) >= 11 is 7.24. The van der Waals surface area contributed by atoms with Gasteiger partial charge in [0.1, 0.15) is 10.0 Å². The number of rotatable bonds is 4. The SMILES string of the molecule is CC(C)(NC(=O)c1ccc([N+](=O)[O-])c(Cl)c1)c1nccs1. The summed E-state index contributed by atoms with van der Waals surface area (Å²) in [6.07, 6.45) is 1.66. The molecule has 0 aliphatic heterocycles. The Bertz CT molecular complexity index is 686. The molecule has 0 aliphatic rings. The molecule has 1 heterocycles. The number of carbonyl (C=O) groups is 1. The number of amides is 1. The first-order chi connectivity index (χ1) is 9.81. The van der Waals surface area contributed by atoms with E-state index in [4.69, 9.17) is 11.6 Å². The minimum atomic E-state index is -0.639. The van der Waals surface area contributed by atoms with Gasteiger partial charge >= 0.3 is 0 Å². The quantitative estimate of drug-likeness (QED) is 0.689. The third-order valence-corrected chi connectivity index (χ3v) is 4.20. The van der Waals surface area contributed by atoms with Crippen molar-refractivity contribution in [3.05, 3.63) is 55.5 Å². The first kappa shape index (κ1) is 15.4. The number of nitrogens with zero attached hydrogens (tertiary/aromatic N) is 2. The van der Waals surface area contributed by atoms with Crippen molar-refractivity contribution in [2.75, 3.05) is 0 Å². The number of carbonyl (C=O) groups excluding carboxylic acids is 1. The predicted molar refractivity (Wildman–Crippen MR) is 80.7 cm³/mol. The van der Waals surface area contributed by atoms with Gasteiger partial charge in [-0.2, -0.15) is 0 Å². The van der Waals surface area contributed by atoms with Crippen LogP contribution in [0, 0.1) is 10.1 Å². The fraction of sp³-hybridized carbons (Fsp3) is 0.231. The summed E-state index contributed by atoms with van der Waals surface area (Å²) < 4.78 is 0. The topological polar surface area (TPSA) is 85.1 Å². The van der Waals surface area contributed by atoms with Gasteiger partial charge in [-0.15, -0.1) is 11.3 Å². The zero-order valence-corrected chi connectivity index (χ0v) is 12.9. The highest BCUT2D eigenvalue weighted by Gasteiger charge is 2.26. The maximum atomic E-state index is 12.2. The molecule has 21 heavy (non-hydrogen) atoms. The number of halogens is 1. The van der Waals surface area contributed by atoms with E-state index in [0.717, 1.165) is 5.01 Å². The van der Waals surface area contributed by atoms with Gasteiger partial charge in [-0.05, 0) is 26.0 Å². The Kier molecular flexibility index (Phi) is 4.24. The van der Waals surface area contributed by atoms with Gasteiger partial charge in [0.2, 0.25) is 0 Å². The molecule has 0 atom stereocenters. The molecule has 0 radical (unpaired) electrons. The number of nitro groups is 1. The normalized spacial score (nSPS) is 11.2. The van der Waals surface area contributed by atoms with Gasteiger partial charge in [0.25, 0.3) is 11.6 Å². The average molecular weight is 326 g/mol. The molecule has 0 saturated heterocycles. The van der Waals surface area contributed by atoms with E-state index in [0.29, 0.717) is 0 Å². The van der Waals surface area contributed by atoms with Crippen molar-refractivity contribution < 1.29 is 9.72 Å². The number of nitrogens with one attached hydrogen (secondary N) is 1. The molecule has 0 bridgehead atoms. The summed E-state index contributed by atoms with van der Waals surface area (Å²) in [4.78, 5) is 26.5. The van der Waals surface area contributed by atoms with Gasteiger partial charge in [0.15, 0.2) is 0 Å². The standard InChI is InChI=1S/C13H12ClN3O3S/c1-13(2,12-15-5-6-21-12)16-11(18)8-3-4-10(17(19)20)9(14)7-8/h3-7H,1-2H3,(H,16,18). The maximum absolute atomic E-state index is 12.2. The number of thiazole rings is 1. The van der Waals surface area contributed by atoms with Crippen molar-refractivity contribution >= 4 is 34.5 Å². The van der Waals surface area contributed by atoms with Crippen LogP contribution in [0.5, 0.6) is 0 Å². The molecule has 110 valence electrons.